The van der Waals surface area contributed by atoms with E-state index in [0.29, 0.717) is 0 Å². The second-order valence-electron chi connectivity index (χ2n) is 10.4. The van der Waals surface area contributed by atoms with Gasteiger partial charge in [0.25, 0.3) is 0 Å². The summed E-state index contributed by atoms with van der Waals surface area (Å²) in [5, 5.41) is 5.23. The van der Waals surface area contributed by atoms with E-state index in [9.17, 15) is 0 Å². The van der Waals surface area contributed by atoms with E-state index in [-0.39, 0.29) is 0 Å². The molecule has 2 aromatic heterocycles. The van der Waals surface area contributed by atoms with Gasteiger partial charge in [0.1, 0.15) is 0 Å². The van der Waals surface area contributed by atoms with Crippen LogP contribution in [0, 0.1) is 0 Å². The zero-order valence-corrected chi connectivity index (χ0v) is 21.3. The number of hydrogen-bond donors (Lipinski definition) is 0. The number of benzene rings is 5. The number of hydrogen-bond acceptors (Lipinski definition) is 0. The summed E-state index contributed by atoms with van der Waals surface area (Å²) < 4.78 is 4.90. The summed E-state index contributed by atoms with van der Waals surface area (Å²) >= 11 is 0. The fourth-order valence-electron chi connectivity index (χ4n) is 6.49. The summed E-state index contributed by atoms with van der Waals surface area (Å²) in [6.07, 6.45) is 7.34. The molecule has 8 rings (SSSR count). The number of nitrogens with zero attached hydrogens (tertiary/aromatic N) is 2. The van der Waals surface area contributed by atoms with Gasteiger partial charge < -0.3 is 9.13 Å². The molecule has 2 nitrogen and oxygen atoms in total. The smallest absolute Gasteiger partial charge is 0.0547 e. The van der Waals surface area contributed by atoms with E-state index >= 15 is 0 Å². The first-order valence-corrected chi connectivity index (χ1v) is 13.7. The molecule has 1 aliphatic carbocycles. The molecule has 0 bridgehead atoms. The third-order valence-corrected chi connectivity index (χ3v) is 8.25. The summed E-state index contributed by atoms with van der Waals surface area (Å²) in [4.78, 5) is 0. The van der Waals surface area contributed by atoms with Crippen molar-refractivity contribution in [3.63, 3.8) is 0 Å². The predicted molar refractivity (Wildman–Crippen MR) is 162 cm³/mol. The Morgan fingerprint density at radius 1 is 0.447 bits per heavy atom. The Balaban J connectivity index is 1.36. The highest BCUT2D eigenvalue weighted by atomic mass is 15.0. The van der Waals surface area contributed by atoms with Gasteiger partial charge in [-0.2, -0.15) is 0 Å². The molecule has 0 fully saturated rings. The van der Waals surface area contributed by atoms with Crippen molar-refractivity contribution in [3.05, 3.63) is 121 Å². The van der Waals surface area contributed by atoms with Gasteiger partial charge in [-0.05, 0) is 79.3 Å². The Morgan fingerprint density at radius 2 is 1.08 bits per heavy atom. The van der Waals surface area contributed by atoms with Crippen molar-refractivity contribution in [2.24, 2.45) is 0 Å². The first kappa shape index (κ1) is 21.5. The van der Waals surface area contributed by atoms with Crippen LogP contribution in [0.25, 0.3) is 66.1 Å². The van der Waals surface area contributed by atoms with Crippen LogP contribution < -0.4 is 0 Å². The van der Waals surface area contributed by atoms with Crippen LogP contribution in [0.5, 0.6) is 0 Å². The van der Waals surface area contributed by atoms with Crippen LogP contribution in [0.3, 0.4) is 0 Å². The van der Waals surface area contributed by atoms with Gasteiger partial charge in [0.05, 0.1) is 22.1 Å². The van der Waals surface area contributed by atoms with Crippen molar-refractivity contribution >= 4 is 49.3 Å². The quantitative estimate of drug-likeness (QED) is 0.234. The average molecular weight is 489 g/mol. The lowest BCUT2D eigenvalue weighted by molar-refractivity contribution is 0.724. The van der Waals surface area contributed by atoms with Crippen LogP contribution in [-0.2, 0) is 0 Å². The normalized spacial score (nSPS) is 14.1. The first-order valence-electron chi connectivity index (χ1n) is 13.7. The van der Waals surface area contributed by atoms with Crippen molar-refractivity contribution in [1.82, 2.24) is 9.13 Å². The number of para-hydroxylation sites is 3. The van der Waals surface area contributed by atoms with Gasteiger partial charge in [-0.15, -0.1) is 0 Å². The second kappa shape index (κ2) is 8.49. The van der Waals surface area contributed by atoms with Crippen molar-refractivity contribution in [2.75, 3.05) is 0 Å². The highest BCUT2D eigenvalue weighted by Crippen LogP contribution is 2.39. The molecule has 0 saturated heterocycles. The van der Waals surface area contributed by atoms with Gasteiger partial charge in [-0.25, -0.2) is 0 Å². The monoisotopic (exact) mass is 488 g/mol. The molecule has 0 spiro atoms. The SMILES string of the molecule is C1=C(n2c3ccccc3c3cc(-c4ccc5c6ccccc6n(-c6ccccc6)c5c4)ccc32)CCCC1. The molecular weight excluding hydrogens is 460 g/mol. The summed E-state index contributed by atoms with van der Waals surface area (Å²) in [6, 6.07) is 42.3. The van der Waals surface area contributed by atoms with Gasteiger partial charge >= 0.3 is 0 Å². The summed E-state index contributed by atoms with van der Waals surface area (Å²) in [5.74, 6) is 0. The average Bonchev–Trinajstić information content (AvgIpc) is 3.50. The maximum absolute atomic E-state index is 2.50. The third-order valence-electron chi connectivity index (χ3n) is 8.25. The van der Waals surface area contributed by atoms with Crippen molar-refractivity contribution < 1.29 is 0 Å². The van der Waals surface area contributed by atoms with Crippen LogP contribution in [0.2, 0.25) is 0 Å². The minimum absolute atomic E-state index is 1.15. The maximum atomic E-state index is 2.50. The van der Waals surface area contributed by atoms with E-state index in [4.69, 9.17) is 0 Å². The number of rotatable bonds is 3. The van der Waals surface area contributed by atoms with Crippen LogP contribution in [-0.4, -0.2) is 9.13 Å². The fraction of sp³-hybridized carbons (Fsp3) is 0.111. The maximum Gasteiger partial charge on any atom is 0.0547 e. The predicted octanol–water partition coefficient (Wildman–Crippen LogP) is 9.97. The van der Waals surface area contributed by atoms with Crippen LogP contribution in [0.15, 0.2) is 121 Å². The largest absolute Gasteiger partial charge is 0.313 e. The minimum atomic E-state index is 1.15. The lowest BCUT2D eigenvalue weighted by Gasteiger charge is -2.16. The Bertz CT molecular complexity index is 2020. The summed E-state index contributed by atoms with van der Waals surface area (Å²) in [5.41, 5.74) is 10.2. The molecule has 0 saturated carbocycles. The molecule has 38 heavy (non-hydrogen) atoms. The zero-order chi connectivity index (χ0) is 25.1. The van der Waals surface area contributed by atoms with Crippen molar-refractivity contribution in [3.8, 4) is 16.8 Å². The Labute approximate surface area is 222 Å². The van der Waals surface area contributed by atoms with Crippen LogP contribution in [0.1, 0.15) is 25.7 Å². The van der Waals surface area contributed by atoms with Crippen molar-refractivity contribution in [1.29, 1.82) is 0 Å². The topological polar surface area (TPSA) is 9.86 Å². The van der Waals surface area contributed by atoms with Gasteiger partial charge in [0.2, 0.25) is 0 Å². The number of fused-ring (bicyclic) bond motifs is 6. The van der Waals surface area contributed by atoms with E-state index in [1.165, 1.54) is 85.4 Å². The summed E-state index contributed by atoms with van der Waals surface area (Å²) in [7, 11) is 0. The van der Waals surface area contributed by atoms with E-state index in [1.54, 1.807) is 0 Å². The lowest BCUT2D eigenvalue weighted by Crippen LogP contribution is -2.00. The fourth-order valence-corrected chi connectivity index (χ4v) is 6.49. The number of allylic oxidation sites excluding steroid dienone is 2. The van der Waals surface area contributed by atoms with Crippen molar-refractivity contribution in [2.45, 2.75) is 25.7 Å². The Morgan fingerprint density at radius 3 is 1.87 bits per heavy atom. The van der Waals surface area contributed by atoms with Crippen LogP contribution in [0.4, 0.5) is 0 Å². The third kappa shape index (κ3) is 3.20. The molecule has 0 amide bonds. The number of aromatic nitrogens is 2. The Kier molecular flexibility index (Phi) is 4.81. The molecule has 5 aromatic carbocycles. The molecular formula is C36H28N2. The Hall–Kier alpha value is -4.56. The van der Waals surface area contributed by atoms with E-state index in [1.807, 2.05) is 0 Å². The molecule has 182 valence electrons. The highest BCUT2D eigenvalue weighted by molar-refractivity contribution is 6.12. The van der Waals surface area contributed by atoms with Gasteiger partial charge in [0.15, 0.2) is 0 Å². The summed E-state index contributed by atoms with van der Waals surface area (Å²) in [6.45, 7) is 0. The van der Waals surface area contributed by atoms with Gasteiger partial charge in [-0.3, -0.25) is 0 Å². The van der Waals surface area contributed by atoms with Gasteiger partial charge in [0, 0.05) is 32.9 Å². The standard InChI is InChI=1S/C36H28N2/c1-3-11-27(12-4-1)37-34-18-10-8-16-30(34)32-23-25(20-22-35(32)37)26-19-21-31-29-15-7-9-17-33(29)38(36(31)24-26)28-13-5-2-6-14-28/h2,5-11,13-24H,1,3-4,12H2. The highest BCUT2D eigenvalue weighted by Gasteiger charge is 2.17. The molecule has 0 atom stereocenters. The van der Waals surface area contributed by atoms with E-state index in [2.05, 4.69) is 130 Å². The molecule has 0 aliphatic heterocycles. The van der Waals surface area contributed by atoms with Crippen LogP contribution >= 0.6 is 0 Å². The van der Waals surface area contributed by atoms with E-state index < -0.39 is 0 Å². The lowest BCUT2D eigenvalue weighted by atomic mass is 10.0. The molecule has 0 radical (unpaired) electrons. The van der Waals surface area contributed by atoms with E-state index in [0.717, 1.165) is 6.42 Å². The molecule has 2 heteroatoms. The minimum Gasteiger partial charge on any atom is -0.313 e. The molecule has 0 unspecified atom stereocenters. The first-order chi connectivity index (χ1) is 18.9. The molecule has 0 N–H and O–H groups in total. The second-order valence-corrected chi connectivity index (χ2v) is 10.4. The molecule has 1 aliphatic rings. The molecule has 2 heterocycles. The molecule has 7 aromatic rings. The van der Waals surface area contributed by atoms with Gasteiger partial charge in [-0.1, -0.05) is 78.9 Å². The zero-order valence-electron chi connectivity index (χ0n) is 21.3.